The third kappa shape index (κ3) is 2.14. The molecule has 0 fully saturated rings. The molecule has 2 rings (SSSR count). The van der Waals surface area contributed by atoms with E-state index >= 15 is 0 Å². The standard InChI is InChI=1S/C13H18N2O2S/c1-5-6-8-10(11(16)17)18-12-14-9(7-15(8)12)13(2,3)4/h7H,5-6H2,1-4H3,(H,16,17). The van der Waals surface area contributed by atoms with Crippen LogP contribution in [0.2, 0.25) is 0 Å². The van der Waals surface area contributed by atoms with E-state index in [9.17, 15) is 9.90 Å². The molecule has 0 radical (unpaired) electrons. The van der Waals surface area contributed by atoms with Crippen LogP contribution in [0.1, 0.15) is 55.2 Å². The molecular weight excluding hydrogens is 248 g/mol. The van der Waals surface area contributed by atoms with Gasteiger partial charge >= 0.3 is 5.97 Å². The Morgan fingerprint density at radius 1 is 1.50 bits per heavy atom. The lowest BCUT2D eigenvalue weighted by atomic mass is 9.93. The Morgan fingerprint density at radius 2 is 2.17 bits per heavy atom. The largest absolute Gasteiger partial charge is 0.477 e. The summed E-state index contributed by atoms with van der Waals surface area (Å²) in [5.41, 5.74) is 1.86. The smallest absolute Gasteiger partial charge is 0.347 e. The first-order chi connectivity index (χ1) is 8.34. The number of aromatic nitrogens is 2. The normalized spacial score (nSPS) is 12.2. The minimum absolute atomic E-state index is 0.0153. The molecule has 0 spiro atoms. The monoisotopic (exact) mass is 266 g/mol. The van der Waals surface area contributed by atoms with Gasteiger partial charge in [-0.15, -0.1) is 0 Å². The fourth-order valence-electron chi connectivity index (χ4n) is 1.89. The first-order valence-electron chi connectivity index (χ1n) is 6.09. The molecule has 0 aliphatic heterocycles. The maximum Gasteiger partial charge on any atom is 0.347 e. The van der Waals surface area contributed by atoms with Crippen LogP contribution in [0.3, 0.4) is 0 Å². The first kappa shape index (κ1) is 13.1. The molecule has 0 unspecified atom stereocenters. The molecule has 4 nitrogen and oxygen atoms in total. The Labute approximate surface area is 110 Å². The number of carboxylic acid groups (broad SMARTS) is 1. The number of aryl methyl sites for hydroxylation is 1. The number of carbonyl (C=O) groups is 1. The van der Waals surface area contributed by atoms with Crippen molar-refractivity contribution in [1.82, 2.24) is 9.38 Å². The van der Waals surface area contributed by atoms with E-state index in [0.29, 0.717) is 4.88 Å². The quantitative estimate of drug-likeness (QED) is 0.927. The molecule has 18 heavy (non-hydrogen) atoms. The number of rotatable bonds is 3. The van der Waals surface area contributed by atoms with Gasteiger partial charge < -0.3 is 5.11 Å². The molecule has 0 saturated carbocycles. The number of hydrogen-bond donors (Lipinski definition) is 1. The van der Waals surface area contributed by atoms with Gasteiger partial charge in [-0.3, -0.25) is 4.40 Å². The van der Waals surface area contributed by atoms with Gasteiger partial charge in [-0.05, 0) is 6.42 Å². The molecule has 0 aromatic carbocycles. The molecule has 0 aliphatic rings. The van der Waals surface area contributed by atoms with E-state index in [4.69, 9.17) is 0 Å². The molecule has 0 atom stereocenters. The summed E-state index contributed by atoms with van der Waals surface area (Å²) < 4.78 is 1.94. The van der Waals surface area contributed by atoms with Crippen LogP contribution in [0, 0.1) is 0 Å². The summed E-state index contributed by atoms with van der Waals surface area (Å²) in [6.07, 6.45) is 3.67. The molecule has 1 N–H and O–H groups in total. The lowest BCUT2D eigenvalue weighted by Crippen LogP contribution is -2.11. The number of aromatic carboxylic acids is 1. The summed E-state index contributed by atoms with van der Waals surface area (Å²) in [5, 5.41) is 9.21. The summed E-state index contributed by atoms with van der Waals surface area (Å²) in [4.78, 5) is 17.0. The van der Waals surface area contributed by atoms with Crippen molar-refractivity contribution in [1.29, 1.82) is 0 Å². The number of thiazole rings is 1. The van der Waals surface area contributed by atoms with Crippen LogP contribution in [0.5, 0.6) is 0 Å². The third-order valence-corrected chi connectivity index (χ3v) is 3.95. The molecule has 0 amide bonds. The van der Waals surface area contributed by atoms with E-state index in [2.05, 4.69) is 32.7 Å². The fourth-order valence-corrected chi connectivity index (χ4v) is 2.88. The second kappa shape index (κ2) is 4.39. The Balaban J connectivity index is 2.62. The maximum atomic E-state index is 11.2. The van der Waals surface area contributed by atoms with Crippen LogP contribution in [-0.4, -0.2) is 20.5 Å². The lowest BCUT2D eigenvalue weighted by Gasteiger charge is -2.14. The summed E-state index contributed by atoms with van der Waals surface area (Å²) in [5.74, 6) is -0.855. The van der Waals surface area contributed by atoms with Crippen molar-refractivity contribution in [2.24, 2.45) is 0 Å². The minimum atomic E-state index is -0.855. The lowest BCUT2D eigenvalue weighted by molar-refractivity contribution is 0.0700. The zero-order valence-corrected chi connectivity index (χ0v) is 12.0. The molecular formula is C13H18N2O2S. The van der Waals surface area contributed by atoms with E-state index < -0.39 is 5.97 Å². The van der Waals surface area contributed by atoms with Crippen LogP contribution < -0.4 is 0 Å². The zero-order valence-electron chi connectivity index (χ0n) is 11.1. The van der Waals surface area contributed by atoms with Crippen molar-refractivity contribution in [3.8, 4) is 0 Å². The van der Waals surface area contributed by atoms with Gasteiger partial charge in [0.1, 0.15) is 4.88 Å². The van der Waals surface area contributed by atoms with E-state index in [-0.39, 0.29) is 5.41 Å². The number of fused-ring (bicyclic) bond motifs is 1. The van der Waals surface area contributed by atoms with E-state index in [1.54, 1.807) is 0 Å². The van der Waals surface area contributed by atoms with Crippen LogP contribution >= 0.6 is 11.3 Å². The Hall–Kier alpha value is -1.36. The van der Waals surface area contributed by atoms with Crippen LogP contribution in [0.15, 0.2) is 6.20 Å². The van der Waals surface area contributed by atoms with E-state index in [1.165, 1.54) is 11.3 Å². The molecule has 2 aromatic rings. The van der Waals surface area contributed by atoms with Crippen molar-refractivity contribution in [3.63, 3.8) is 0 Å². The van der Waals surface area contributed by atoms with Gasteiger partial charge in [0, 0.05) is 17.3 Å². The minimum Gasteiger partial charge on any atom is -0.477 e. The van der Waals surface area contributed by atoms with Gasteiger partial charge in [0.05, 0.1) is 5.69 Å². The van der Waals surface area contributed by atoms with Crippen molar-refractivity contribution in [2.45, 2.75) is 46.0 Å². The number of carboxylic acids is 1. The predicted molar refractivity (Wildman–Crippen MR) is 72.7 cm³/mol. The Bertz CT molecular complexity index is 590. The fraction of sp³-hybridized carbons (Fsp3) is 0.538. The highest BCUT2D eigenvalue weighted by Crippen LogP contribution is 2.29. The zero-order chi connectivity index (χ0) is 13.5. The maximum absolute atomic E-state index is 11.2. The van der Waals surface area contributed by atoms with Gasteiger partial charge in [0.2, 0.25) is 0 Å². The van der Waals surface area contributed by atoms with Crippen molar-refractivity contribution in [2.75, 3.05) is 0 Å². The van der Waals surface area contributed by atoms with Crippen molar-refractivity contribution >= 4 is 22.3 Å². The molecule has 0 saturated heterocycles. The highest BCUT2D eigenvalue weighted by atomic mass is 32.1. The molecule has 0 bridgehead atoms. The number of hydrogen-bond acceptors (Lipinski definition) is 3. The summed E-state index contributed by atoms with van der Waals surface area (Å²) in [6.45, 7) is 8.38. The molecule has 2 aromatic heterocycles. The van der Waals surface area contributed by atoms with Crippen LogP contribution in [-0.2, 0) is 11.8 Å². The van der Waals surface area contributed by atoms with Gasteiger partial charge in [-0.1, -0.05) is 45.5 Å². The number of imidazole rings is 1. The van der Waals surface area contributed by atoms with Gasteiger partial charge in [0.15, 0.2) is 4.96 Å². The van der Waals surface area contributed by atoms with E-state index in [0.717, 1.165) is 29.2 Å². The molecule has 5 heteroatoms. The average molecular weight is 266 g/mol. The summed E-state index contributed by atoms with van der Waals surface area (Å²) >= 11 is 1.26. The highest BCUT2D eigenvalue weighted by molar-refractivity contribution is 7.19. The Morgan fingerprint density at radius 3 is 2.67 bits per heavy atom. The topological polar surface area (TPSA) is 54.6 Å². The molecule has 98 valence electrons. The average Bonchev–Trinajstić information content (AvgIpc) is 2.76. The van der Waals surface area contributed by atoms with Gasteiger partial charge in [0.25, 0.3) is 0 Å². The van der Waals surface area contributed by atoms with Gasteiger partial charge in [-0.25, -0.2) is 9.78 Å². The Kier molecular flexibility index (Phi) is 3.19. The predicted octanol–water partition coefficient (Wildman–Crippen LogP) is 3.34. The van der Waals surface area contributed by atoms with E-state index in [1.807, 2.05) is 10.6 Å². The number of nitrogens with zero attached hydrogens (tertiary/aromatic N) is 2. The highest BCUT2D eigenvalue weighted by Gasteiger charge is 2.23. The van der Waals surface area contributed by atoms with Gasteiger partial charge in [-0.2, -0.15) is 0 Å². The van der Waals surface area contributed by atoms with Crippen molar-refractivity contribution < 1.29 is 9.90 Å². The summed E-state index contributed by atoms with van der Waals surface area (Å²) in [7, 11) is 0. The first-order valence-corrected chi connectivity index (χ1v) is 6.90. The molecule has 0 aliphatic carbocycles. The third-order valence-electron chi connectivity index (χ3n) is 2.87. The second-order valence-electron chi connectivity index (χ2n) is 5.46. The van der Waals surface area contributed by atoms with Crippen LogP contribution in [0.25, 0.3) is 4.96 Å². The second-order valence-corrected chi connectivity index (χ2v) is 6.44. The van der Waals surface area contributed by atoms with Crippen molar-refractivity contribution in [3.05, 3.63) is 22.5 Å². The SMILES string of the molecule is CCCc1c(C(=O)O)sc2nc(C(C)(C)C)cn12. The summed E-state index contributed by atoms with van der Waals surface area (Å²) in [6, 6.07) is 0. The molecule has 2 heterocycles. The van der Waals surface area contributed by atoms with Crippen LogP contribution in [0.4, 0.5) is 0 Å².